The van der Waals surface area contributed by atoms with Gasteiger partial charge in [0, 0.05) is 0 Å². The molecule has 0 aliphatic rings. The highest BCUT2D eigenvalue weighted by molar-refractivity contribution is 6.51. The molecule has 0 spiro atoms. The summed E-state index contributed by atoms with van der Waals surface area (Å²) in [7, 11) is 0.0434. The van der Waals surface area contributed by atoms with Gasteiger partial charge in [-0.15, -0.1) is 0 Å². The van der Waals surface area contributed by atoms with Crippen LogP contribution in [0.3, 0.4) is 0 Å². The molecule has 0 bridgehead atoms. The second-order valence-corrected chi connectivity index (χ2v) is 9.14. The summed E-state index contributed by atoms with van der Waals surface area (Å²) < 4.78 is 11.0. The number of carbonyl (C=O) groups is 2. The van der Waals surface area contributed by atoms with Crippen molar-refractivity contribution in [2.75, 3.05) is 0 Å². The largest absolute Gasteiger partial charge is 0.511 e. The van der Waals surface area contributed by atoms with Gasteiger partial charge in [0.25, 0.3) is 11.9 Å². The van der Waals surface area contributed by atoms with Gasteiger partial charge < -0.3 is 8.85 Å². The maximum absolute atomic E-state index is 12.2. The lowest BCUT2D eigenvalue weighted by Crippen LogP contribution is -2.29. The van der Waals surface area contributed by atoms with Crippen molar-refractivity contribution in [3.8, 4) is 0 Å². The van der Waals surface area contributed by atoms with E-state index in [1.165, 1.54) is 0 Å². The predicted molar refractivity (Wildman–Crippen MR) is 116 cm³/mol. The van der Waals surface area contributed by atoms with Crippen LogP contribution >= 0.6 is 0 Å². The van der Waals surface area contributed by atoms with Crippen LogP contribution in [0.25, 0.3) is 0 Å². The number of benzene rings is 1. The standard InChI is InChI=1S/C22H34O4Si2/c1-5-9-17(10-6-2)21(23)25-27-19-13-15-20(16-14-19)28-26-22(24)18(11-7-3)12-8-4/h13-18H,5-12H2,1-4H3. The van der Waals surface area contributed by atoms with Crippen LogP contribution in [-0.4, -0.2) is 31.5 Å². The van der Waals surface area contributed by atoms with Crippen molar-refractivity contribution in [2.24, 2.45) is 11.8 Å². The number of hydrogen-bond donors (Lipinski definition) is 0. The van der Waals surface area contributed by atoms with Gasteiger partial charge in [0.1, 0.15) is 0 Å². The first-order valence-electron chi connectivity index (χ1n) is 10.6. The van der Waals surface area contributed by atoms with Crippen molar-refractivity contribution in [3.63, 3.8) is 0 Å². The molecule has 0 aromatic heterocycles. The molecule has 0 aliphatic heterocycles. The Morgan fingerprint density at radius 2 is 0.964 bits per heavy atom. The maximum atomic E-state index is 12.2. The predicted octanol–water partition coefficient (Wildman–Crippen LogP) is 3.69. The van der Waals surface area contributed by atoms with E-state index in [1.54, 1.807) is 0 Å². The Balaban J connectivity index is 2.48. The average Bonchev–Trinajstić information content (AvgIpc) is 2.70. The van der Waals surface area contributed by atoms with Gasteiger partial charge in [0.2, 0.25) is 0 Å². The van der Waals surface area contributed by atoms with Crippen LogP contribution in [0, 0.1) is 11.8 Å². The fourth-order valence-corrected chi connectivity index (χ4v) is 4.52. The third kappa shape index (κ3) is 9.19. The van der Waals surface area contributed by atoms with Crippen molar-refractivity contribution in [3.05, 3.63) is 24.3 Å². The molecule has 0 saturated carbocycles. The summed E-state index contributed by atoms with van der Waals surface area (Å²) >= 11 is 0. The van der Waals surface area contributed by atoms with Crippen molar-refractivity contribution in [2.45, 2.75) is 79.1 Å². The van der Waals surface area contributed by atoms with Gasteiger partial charge in [-0.25, -0.2) is 0 Å². The molecular formula is C22H34O4Si2. The Hall–Kier alpha value is -1.41. The average molecular weight is 419 g/mol. The monoisotopic (exact) mass is 418 g/mol. The van der Waals surface area contributed by atoms with Gasteiger partial charge in [-0.3, -0.25) is 9.59 Å². The Morgan fingerprint density at radius 1 is 0.679 bits per heavy atom. The summed E-state index contributed by atoms with van der Waals surface area (Å²) in [5.41, 5.74) is 0. The van der Waals surface area contributed by atoms with Crippen LogP contribution < -0.4 is 10.4 Å². The van der Waals surface area contributed by atoms with E-state index < -0.39 is 0 Å². The molecule has 1 aromatic carbocycles. The highest BCUT2D eigenvalue weighted by Gasteiger charge is 2.20. The molecule has 0 unspecified atom stereocenters. The minimum Gasteiger partial charge on any atom is -0.511 e. The molecule has 0 amide bonds. The van der Waals surface area contributed by atoms with Crippen LogP contribution in [0.1, 0.15) is 79.1 Å². The molecule has 6 heteroatoms. The van der Waals surface area contributed by atoms with Crippen LogP contribution in [0.2, 0.25) is 0 Å². The van der Waals surface area contributed by atoms with Gasteiger partial charge in [-0.05, 0) is 36.1 Å². The molecule has 0 saturated heterocycles. The third-order valence-corrected chi connectivity index (χ3v) is 6.38. The molecule has 0 aliphatic carbocycles. The summed E-state index contributed by atoms with van der Waals surface area (Å²) in [6, 6.07) is 7.80. The molecule has 28 heavy (non-hydrogen) atoms. The molecule has 4 nitrogen and oxygen atoms in total. The second-order valence-electron chi connectivity index (χ2n) is 7.17. The normalized spacial score (nSPS) is 11.1. The molecule has 1 rings (SSSR count). The summed E-state index contributed by atoms with van der Waals surface area (Å²) in [5, 5.41) is 1.96. The van der Waals surface area contributed by atoms with Crippen molar-refractivity contribution >= 4 is 41.8 Å². The minimum atomic E-state index is -0.0835. The first kappa shape index (κ1) is 24.6. The lowest BCUT2D eigenvalue weighted by atomic mass is 9.99. The molecule has 1 aromatic rings. The van der Waals surface area contributed by atoms with E-state index >= 15 is 0 Å². The molecule has 0 fully saturated rings. The van der Waals surface area contributed by atoms with E-state index in [-0.39, 0.29) is 43.3 Å². The topological polar surface area (TPSA) is 52.6 Å². The Kier molecular flexibility index (Phi) is 12.8. The maximum Gasteiger partial charge on any atom is 0.355 e. The fraction of sp³-hybridized carbons (Fsp3) is 0.636. The summed E-state index contributed by atoms with van der Waals surface area (Å²) in [6.45, 7) is 8.38. The smallest absolute Gasteiger partial charge is 0.355 e. The van der Waals surface area contributed by atoms with Crippen LogP contribution in [0.4, 0.5) is 0 Å². The van der Waals surface area contributed by atoms with E-state index in [4.69, 9.17) is 8.85 Å². The summed E-state index contributed by atoms with van der Waals surface area (Å²) in [6.07, 6.45) is 7.53. The Bertz CT molecular complexity index is 511. The molecule has 154 valence electrons. The number of carbonyl (C=O) groups excluding carboxylic acids is 2. The van der Waals surface area contributed by atoms with Crippen LogP contribution in [0.15, 0.2) is 24.3 Å². The van der Waals surface area contributed by atoms with Crippen LogP contribution in [-0.2, 0) is 18.4 Å². The van der Waals surface area contributed by atoms with Gasteiger partial charge in [-0.2, -0.15) is 0 Å². The van der Waals surface area contributed by atoms with E-state index in [2.05, 4.69) is 27.7 Å². The second kappa shape index (κ2) is 14.6. The molecule has 0 atom stereocenters. The lowest BCUT2D eigenvalue weighted by molar-refractivity contribution is -0.140. The first-order valence-corrected chi connectivity index (χ1v) is 12.4. The van der Waals surface area contributed by atoms with E-state index in [0.717, 1.165) is 61.7 Å². The third-order valence-electron chi connectivity index (χ3n) is 4.64. The van der Waals surface area contributed by atoms with Crippen LogP contribution in [0.5, 0.6) is 0 Å². The molecule has 0 N–H and O–H groups in total. The zero-order chi connectivity index (χ0) is 20.8. The van der Waals surface area contributed by atoms with Gasteiger partial charge in [-0.1, -0.05) is 77.6 Å². The number of hydrogen-bond acceptors (Lipinski definition) is 4. The summed E-state index contributed by atoms with van der Waals surface area (Å²) in [5.74, 6) is -0.136. The quantitative estimate of drug-likeness (QED) is 0.432. The van der Waals surface area contributed by atoms with Gasteiger partial charge in [0.05, 0.1) is 11.8 Å². The lowest BCUT2D eigenvalue weighted by Gasteiger charge is -2.14. The van der Waals surface area contributed by atoms with E-state index in [9.17, 15) is 9.59 Å². The van der Waals surface area contributed by atoms with Crippen molar-refractivity contribution in [1.29, 1.82) is 0 Å². The minimum absolute atomic E-state index is 0.0156. The highest BCUT2D eigenvalue weighted by Crippen LogP contribution is 2.15. The van der Waals surface area contributed by atoms with E-state index in [1.807, 2.05) is 24.3 Å². The zero-order valence-corrected chi connectivity index (χ0v) is 19.8. The van der Waals surface area contributed by atoms with Crippen molar-refractivity contribution < 1.29 is 18.4 Å². The number of rotatable bonds is 14. The van der Waals surface area contributed by atoms with Crippen molar-refractivity contribution in [1.82, 2.24) is 0 Å². The van der Waals surface area contributed by atoms with E-state index in [0.29, 0.717) is 0 Å². The molecular weight excluding hydrogens is 384 g/mol. The Morgan fingerprint density at radius 3 is 1.21 bits per heavy atom. The summed E-state index contributed by atoms with van der Waals surface area (Å²) in [4.78, 5) is 24.5. The molecule has 0 heterocycles. The zero-order valence-electron chi connectivity index (χ0n) is 17.8. The fourth-order valence-electron chi connectivity index (χ4n) is 3.15. The first-order chi connectivity index (χ1) is 13.5. The van der Waals surface area contributed by atoms with Gasteiger partial charge in [0.15, 0.2) is 0 Å². The highest BCUT2D eigenvalue weighted by atomic mass is 28.2. The molecule has 4 radical (unpaired) electrons. The Labute approximate surface area is 175 Å². The van der Waals surface area contributed by atoms with Gasteiger partial charge >= 0.3 is 19.5 Å². The SMILES string of the molecule is CCCC(CCC)C(=O)O[Si]c1ccc([Si]OC(=O)C(CCC)CCC)cc1.